The lowest BCUT2D eigenvalue weighted by Crippen LogP contribution is -2.44. The van der Waals surface area contributed by atoms with E-state index < -0.39 is 0 Å². The molecule has 1 aliphatic rings. The summed E-state index contributed by atoms with van der Waals surface area (Å²) in [5.41, 5.74) is 9.33. The van der Waals surface area contributed by atoms with Crippen molar-refractivity contribution in [1.82, 2.24) is 4.90 Å². The van der Waals surface area contributed by atoms with Crippen molar-refractivity contribution in [2.45, 2.75) is 53.0 Å². The van der Waals surface area contributed by atoms with E-state index in [1.807, 2.05) is 0 Å². The molecule has 0 saturated carbocycles. The Morgan fingerprint density at radius 1 is 1.19 bits per heavy atom. The molecular formula is C19H32N2. The van der Waals surface area contributed by atoms with E-state index in [1.165, 1.54) is 30.5 Å². The van der Waals surface area contributed by atoms with Gasteiger partial charge in [0.15, 0.2) is 0 Å². The first-order valence-electron chi connectivity index (χ1n) is 8.44. The Kier molecular flexibility index (Phi) is 5.45. The second-order valence-electron chi connectivity index (χ2n) is 7.83. The van der Waals surface area contributed by atoms with Crippen LogP contribution in [0.5, 0.6) is 0 Å². The molecule has 118 valence electrons. The molecule has 1 atom stereocenters. The molecule has 0 aliphatic carbocycles. The lowest BCUT2D eigenvalue weighted by molar-refractivity contribution is 0.0807. The molecule has 2 N–H and O–H groups in total. The molecule has 1 aromatic carbocycles. The smallest absolute Gasteiger partial charge is 0.0470 e. The number of rotatable bonds is 5. The quantitative estimate of drug-likeness (QED) is 0.887. The first-order valence-corrected chi connectivity index (χ1v) is 8.44. The minimum atomic E-state index is 0.373. The number of likely N-dealkylation sites (tertiary alicyclic amines) is 1. The van der Waals surface area contributed by atoms with Crippen molar-refractivity contribution in [2.24, 2.45) is 17.1 Å². The van der Waals surface area contributed by atoms with E-state index in [1.54, 1.807) is 0 Å². The van der Waals surface area contributed by atoms with Crippen LogP contribution in [-0.4, -0.2) is 24.5 Å². The third-order valence-electron chi connectivity index (χ3n) is 4.60. The molecule has 1 unspecified atom stereocenters. The van der Waals surface area contributed by atoms with E-state index >= 15 is 0 Å². The van der Waals surface area contributed by atoms with Crippen LogP contribution in [0.1, 0.15) is 57.7 Å². The standard InChI is InChI=1S/C19H32N2/c1-15(2)12-16-6-8-17(9-7-16)18(13-20)21-11-5-10-19(3,4)14-21/h6-9,15,18H,5,10-14,20H2,1-4H3. The number of nitrogens with two attached hydrogens (primary N) is 1. The van der Waals surface area contributed by atoms with E-state index in [0.29, 0.717) is 23.9 Å². The number of benzene rings is 1. The summed E-state index contributed by atoms with van der Waals surface area (Å²) in [5, 5.41) is 0. The van der Waals surface area contributed by atoms with Crippen LogP contribution in [0.15, 0.2) is 24.3 Å². The van der Waals surface area contributed by atoms with Gasteiger partial charge in [0.05, 0.1) is 0 Å². The van der Waals surface area contributed by atoms with E-state index in [-0.39, 0.29) is 0 Å². The van der Waals surface area contributed by atoms with E-state index in [9.17, 15) is 0 Å². The molecule has 0 amide bonds. The third kappa shape index (κ3) is 4.55. The molecular weight excluding hydrogens is 256 g/mol. The summed E-state index contributed by atoms with van der Waals surface area (Å²) >= 11 is 0. The van der Waals surface area contributed by atoms with Crippen molar-refractivity contribution in [1.29, 1.82) is 0 Å². The van der Waals surface area contributed by atoms with Gasteiger partial charge in [-0.3, -0.25) is 4.90 Å². The first kappa shape index (κ1) is 16.5. The van der Waals surface area contributed by atoms with Crippen LogP contribution in [0.4, 0.5) is 0 Å². The average molecular weight is 288 g/mol. The van der Waals surface area contributed by atoms with Gasteiger partial charge in [-0.15, -0.1) is 0 Å². The molecule has 21 heavy (non-hydrogen) atoms. The highest BCUT2D eigenvalue weighted by atomic mass is 15.2. The zero-order valence-corrected chi connectivity index (χ0v) is 14.2. The highest BCUT2D eigenvalue weighted by molar-refractivity contribution is 5.26. The molecule has 1 saturated heterocycles. The topological polar surface area (TPSA) is 29.3 Å². The van der Waals surface area contributed by atoms with Crippen LogP contribution in [0.25, 0.3) is 0 Å². The van der Waals surface area contributed by atoms with Gasteiger partial charge in [-0.05, 0) is 48.3 Å². The molecule has 0 bridgehead atoms. The summed E-state index contributed by atoms with van der Waals surface area (Å²) < 4.78 is 0. The normalized spacial score (nSPS) is 20.7. The molecule has 2 heteroatoms. The van der Waals surface area contributed by atoms with E-state index in [0.717, 1.165) is 13.0 Å². The van der Waals surface area contributed by atoms with E-state index in [2.05, 4.69) is 56.9 Å². The fraction of sp³-hybridized carbons (Fsp3) is 0.684. The highest BCUT2D eigenvalue weighted by Gasteiger charge is 2.30. The number of hydrogen-bond donors (Lipinski definition) is 1. The Balaban J connectivity index is 2.10. The Bertz CT molecular complexity index is 433. The van der Waals surface area contributed by atoms with Crippen molar-refractivity contribution in [2.75, 3.05) is 19.6 Å². The van der Waals surface area contributed by atoms with Crippen LogP contribution in [0, 0.1) is 11.3 Å². The average Bonchev–Trinajstić information content (AvgIpc) is 2.40. The zero-order chi connectivity index (χ0) is 15.5. The van der Waals surface area contributed by atoms with Crippen LogP contribution in [-0.2, 0) is 6.42 Å². The van der Waals surface area contributed by atoms with Gasteiger partial charge in [-0.2, -0.15) is 0 Å². The van der Waals surface area contributed by atoms with Crippen molar-refractivity contribution in [3.8, 4) is 0 Å². The van der Waals surface area contributed by atoms with E-state index in [4.69, 9.17) is 5.73 Å². The molecule has 2 nitrogen and oxygen atoms in total. The largest absolute Gasteiger partial charge is 0.329 e. The summed E-state index contributed by atoms with van der Waals surface area (Å²) in [7, 11) is 0. The highest BCUT2D eigenvalue weighted by Crippen LogP contribution is 2.33. The molecule has 1 aliphatic heterocycles. The minimum Gasteiger partial charge on any atom is -0.329 e. The second-order valence-corrected chi connectivity index (χ2v) is 7.83. The van der Waals surface area contributed by atoms with Crippen molar-refractivity contribution in [3.63, 3.8) is 0 Å². The Morgan fingerprint density at radius 3 is 2.38 bits per heavy atom. The Labute approximate surface area is 130 Å². The lowest BCUT2D eigenvalue weighted by atomic mass is 9.83. The van der Waals surface area contributed by atoms with Crippen LogP contribution < -0.4 is 5.73 Å². The van der Waals surface area contributed by atoms with Crippen molar-refractivity contribution < 1.29 is 0 Å². The van der Waals surface area contributed by atoms with Crippen LogP contribution >= 0.6 is 0 Å². The lowest BCUT2D eigenvalue weighted by Gasteiger charge is -2.42. The summed E-state index contributed by atoms with van der Waals surface area (Å²) in [6, 6.07) is 9.52. The molecule has 2 rings (SSSR count). The van der Waals surface area contributed by atoms with Gasteiger partial charge in [0, 0.05) is 19.1 Å². The van der Waals surface area contributed by atoms with Crippen LogP contribution in [0.2, 0.25) is 0 Å². The number of piperidine rings is 1. The fourth-order valence-electron chi connectivity index (χ4n) is 3.58. The first-order chi connectivity index (χ1) is 9.91. The van der Waals surface area contributed by atoms with Gasteiger partial charge in [-0.1, -0.05) is 52.0 Å². The minimum absolute atomic E-state index is 0.373. The van der Waals surface area contributed by atoms with Gasteiger partial charge in [0.2, 0.25) is 0 Å². The predicted octanol–water partition coefficient (Wildman–Crippen LogP) is 4.01. The number of nitrogens with zero attached hydrogens (tertiary/aromatic N) is 1. The van der Waals surface area contributed by atoms with Gasteiger partial charge < -0.3 is 5.73 Å². The molecule has 1 aromatic rings. The van der Waals surface area contributed by atoms with Gasteiger partial charge >= 0.3 is 0 Å². The molecule has 0 radical (unpaired) electrons. The number of hydrogen-bond acceptors (Lipinski definition) is 2. The van der Waals surface area contributed by atoms with Crippen molar-refractivity contribution in [3.05, 3.63) is 35.4 Å². The molecule has 1 fully saturated rings. The summed E-state index contributed by atoms with van der Waals surface area (Å²) in [5.74, 6) is 0.712. The Morgan fingerprint density at radius 2 is 1.86 bits per heavy atom. The summed E-state index contributed by atoms with van der Waals surface area (Å²) in [4.78, 5) is 2.58. The monoisotopic (exact) mass is 288 g/mol. The molecule has 0 spiro atoms. The maximum Gasteiger partial charge on any atom is 0.0470 e. The maximum absolute atomic E-state index is 6.10. The van der Waals surface area contributed by atoms with Gasteiger partial charge in [0.1, 0.15) is 0 Å². The summed E-state index contributed by atoms with van der Waals surface area (Å²) in [6.45, 7) is 12.3. The Hall–Kier alpha value is -0.860. The van der Waals surface area contributed by atoms with Gasteiger partial charge in [0.25, 0.3) is 0 Å². The molecule has 1 heterocycles. The predicted molar refractivity (Wildman–Crippen MR) is 91.4 cm³/mol. The third-order valence-corrected chi connectivity index (χ3v) is 4.60. The van der Waals surface area contributed by atoms with Crippen LogP contribution in [0.3, 0.4) is 0 Å². The SMILES string of the molecule is CC(C)Cc1ccc(C(CN)N2CCCC(C)(C)C2)cc1. The molecule has 0 aromatic heterocycles. The second kappa shape index (κ2) is 6.93. The summed E-state index contributed by atoms with van der Waals surface area (Å²) in [6.07, 6.45) is 3.77. The van der Waals surface area contributed by atoms with Crippen molar-refractivity contribution >= 4 is 0 Å². The zero-order valence-electron chi connectivity index (χ0n) is 14.2. The van der Waals surface area contributed by atoms with Gasteiger partial charge in [-0.25, -0.2) is 0 Å². The maximum atomic E-state index is 6.10. The fourth-order valence-corrected chi connectivity index (χ4v) is 3.58.